The molecule has 0 amide bonds. The second-order valence-electron chi connectivity index (χ2n) is 4.99. The summed E-state index contributed by atoms with van der Waals surface area (Å²) in [6, 6.07) is 5.51. The van der Waals surface area contributed by atoms with Crippen LogP contribution >= 0.6 is 15.9 Å². The summed E-state index contributed by atoms with van der Waals surface area (Å²) in [5.41, 5.74) is 1.54. The highest BCUT2D eigenvalue weighted by atomic mass is 79.9. The van der Waals surface area contributed by atoms with Crippen molar-refractivity contribution in [3.8, 4) is 0 Å². The van der Waals surface area contributed by atoms with Crippen LogP contribution in [0.4, 0.5) is 18.9 Å². The van der Waals surface area contributed by atoms with Crippen LogP contribution in [-0.2, 0) is 6.54 Å². The van der Waals surface area contributed by atoms with Gasteiger partial charge in [0.05, 0.1) is 0 Å². The van der Waals surface area contributed by atoms with E-state index in [9.17, 15) is 13.2 Å². The highest BCUT2D eigenvalue weighted by Gasteiger charge is 2.31. The van der Waals surface area contributed by atoms with E-state index < -0.39 is 12.7 Å². The first-order valence-corrected chi connectivity index (χ1v) is 7.97. The Balaban J connectivity index is 3.00. The van der Waals surface area contributed by atoms with E-state index >= 15 is 0 Å². The molecule has 21 heavy (non-hydrogen) atoms. The maximum Gasteiger partial charge on any atom is 0.405 e. The van der Waals surface area contributed by atoms with Gasteiger partial charge in [0.25, 0.3) is 0 Å². The zero-order valence-corrected chi connectivity index (χ0v) is 14.0. The number of alkyl halides is 3. The molecule has 1 aromatic carbocycles. The normalized spacial score (nSPS) is 11.7. The molecule has 0 aliphatic rings. The van der Waals surface area contributed by atoms with E-state index in [2.05, 4.69) is 28.2 Å². The van der Waals surface area contributed by atoms with Gasteiger partial charge >= 0.3 is 6.18 Å². The average molecular weight is 367 g/mol. The van der Waals surface area contributed by atoms with E-state index in [-0.39, 0.29) is 0 Å². The van der Waals surface area contributed by atoms with Gasteiger partial charge in [0.15, 0.2) is 0 Å². The van der Waals surface area contributed by atoms with Crippen LogP contribution in [0.3, 0.4) is 0 Å². The van der Waals surface area contributed by atoms with Crippen molar-refractivity contribution >= 4 is 21.6 Å². The topological polar surface area (TPSA) is 15.3 Å². The van der Waals surface area contributed by atoms with E-state index in [0.29, 0.717) is 25.2 Å². The Hall–Kier alpha value is -0.750. The fourth-order valence-electron chi connectivity index (χ4n) is 2.15. The number of anilines is 1. The van der Waals surface area contributed by atoms with E-state index in [1.807, 2.05) is 19.1 Å². The predicted molar refractivity (Wildman–Crippen MR) is 84.7 cm³/mol. The highest BCUT2D eigenvalue weighted by Crippen LogP contribution is 2.28. The first kappa shape index (κ1) is 18.3. The Morgan fingerprint density at radius 2 is 1.90 bits per heavy atom. The van der Waals surface area contributed by atoms with Crippen LogP contribution in [0.15, 0.2) is 22.7 Å². The van der Waals surface area contributed by atoms with Gasteiger partial charge in [-0.05, 0) is 37.1 Å². The molecule has 0 fully saturated rings. The van der Waals surface area contributed by atoms with Gasteiger partial charge in [-0.3, -0.25) is 0 Å². The lowest BCUT2D eigenvalue weighted by Crippen LogP contribution is -2.35. The van der Waals surface area contributed by atoms with Crippen molar-refractivity contribution in [2.24, 2.45) is 0 Å². The molecular formula is C15H22BrF3N2. The van der Waals surface area contributed by atoms with Crippen LogP contribution in [0.2, 0.25) is 0 Å². The Kier molecular flexibility index (Phi) is 7.52. The van der Waals surface area contributed by atoms with Gasteiger partial charge < -0.3 is 10.2 Å². The van der Waals surface area contributed by atoms with Crippen LogP contribution in [0.1, 0.15) is 32.3 Å². The van der Waals surface area contributed by atoms with E-state index in [1.165, 1.54) is 4.90 Å². The Morgan fingerprint density at radius 1 is 1.19 bits per heavy atom. The van der Waals surface area contributed by atoms with E-state index in [0.717, 1.165) is 23.0 Å². The first-order valence-electron chi connectivity index (χ1n) is 7.18. The third-order valence-electron chi connectivity index (χ3n) is 2.99. The summed E-state index contributed by atoms with van der Waals surface area (Å²) in [5, 5.41) is 3.25. The summed E-state index contributed by atoms with van der Waals surface area (Å²) < 4.78 is 39.1. The highest BCUT2D eigenvalue weighted by molar-refractivity contribution is 9.10. The van der Waals surface area contributed by atoms with E-state index in [4.69, 9.17) is 0 Å². The quantitative estimate of drug-likeness (QED) is 0.669. The monoisotopic (exact) mass is 366 g/mol. The van der Waals surface area contributed by atoms with Crippen molar-refractivity contribution in [3.63, 3.8) is 0 Å². The van der Waals surface area contributed by atoms with Crippen molar-refractivity contribution in [2.45, 2.75) is 39.4 Å². The maximum atomic E-state index is 12.8. The molecule has 0 heterocycles. The molecule has 0 aliphatic carbocycles. The van der Waals surface area contributed by atoms with Crippen LogP contribution in [-0.4, -0.2) is 25.8 Å². The van der Waals surface area contributed by atoms with Gasteiger partial charge in [0.1, 0.15) is 6.54 Å². The lowest BCUT2D eigenvalue weighted by atomic mass is 10.1. The molecule has 2 nitrogen and oxygen atoms in total. The number of hydrogen-bond acceptors (Lipinski definition) is 2. The van der Waals surface area contributed by atoms with Crippen molar-refractivity contribution in [2.75, 3.05) is 24.5 Å². The van der Waals surface area contributed by atoms with Gasteiger partial charge in [-0.25, -0.2) is 0 Å². The molecule has 0 saturated carbocycles. The van der Waals surface area contributed by atoms with Crippen LogP contribution < -0.4 is 10.2 Å². The molecular weight excluding hydrogens is 345 g/mol. The van der Waals surface area contributed by atoms with Gasteiger partial charge in [0.2, 0.25) is 0 Å². The maximum absolute atomic E-state index is 12.8. The minimum Gasteiger partial charge on any atom is -0.362 e. The number of nitrogens with zero attached hydrogens (tertiary/aromatic N) is 1. The molecule has 0 unspecified atom stereocenters. The second kappa shape index (κ2) is 8.63. The summed E-state index contributed by atoms with van der Waals surface area (Å²) in [6.07, 6.45) is -2.54. The van der Waals surface area contributed by atoms with Crippen LogP contribution in [0, 0.1) is 0 Å². The molecule has 0 radical (unpaired) electrons. The Morgan fingerprint density at radius 3 is 2.48 bits per heavy atom. The van der Waals surface area contributed by atoms with Gasteiger partial charge in [0, 0.05) is 23.2 Å². The number of rotatable bonds is 8. The molecule has 1 N–H and O–H groups in total. The smallest absolute Gasteiger partial charge is 0.362 e. The lowest BCUT2D eigenvalue weighted by molar-refractivity contribution is -0.119. The summed E-state index contributed by atoms with van der Waals surface area (Å²) in [7, 11) is 0. The standard InChI is InChI=1S/C15H22BrF3N2/c1-3-7-20-10-12-5-6-13(16)9-14(12)21(8-4-2)11-15(17,18)19/h5-6,9,20H,3-4,7-8,10-11H2,1-2H3. The number of halogens is 4. The predicted octanol–water partition coefficient (Wildman–Crippen LogP) is 4.73. The third-order valence-corrected chi connectivity index (χ3v) is 3.49. The van der Waals surface area contributed by atoms with E-state index in [1.54, 1.807) is 6.07 Å². The number of nitrogens with one attached hydrogen (secondary N) is 1. The largest absolute Gasteiger partial charge is 0.405 e. The average Bonchev–Trinajstić information content (AvgIpc) is 2.38. The second-order valence-corrected chi connectivity index (χ2v) is 5.90. The van der Waals surface area contributed by atoms with Crippen molar-refractivity contribution in [1.29, 1.82) is 0 Å². The van der Waals surface area contributed by atoms with Crippen molar-refractivity contribution in [3.05, 3.63) is 28.2 Å². The summed E-state index contributed by atoms with van der Waals surface area (Å²) in [4.78, 5) is 1.41. The van der Waals surface area contributed by atoms with Crippen molar-refractivity contribution in [1.82, 2.24) is 5.32 Å². The summed E-state index contributed by atoms with van der Waals surface area (Å²) >= 11 is 3.35. The fourth-order valence-corrected chi connectivity index (χ4v) is 2.50. The summed E-state index contributed by atoms with van der Waals surface area (Å²) in [5.74, 6) is 0. The molecule has 1 aromatic rings. The molecule has 0 atom stereocenters. The number of hydrogen-bond donors (Lipinski definition) is 1. The molecule has 0 bridgehead atoms. The Bertz CT molecular complexity index is 435. The molecule has 0 spiro atoms. The SMILES string of the molecule is CCCNCc1ccc(Br)cc1N(CCC)CC(F)(F)F. The Labute approximate surface area is 132 Å². The van der Waals surface area contributed by atoms with Crippen LogP contribution in [0.25, 0.3) is 0 Å². The van der Waals surface area contributed by atoms with Gasteiger partial charge in [-0.1, -0.05) is 35.8 Å². The molecule has 0 aliphatic heterocycles. The molecule has 0 aromatic heterocycles. The summed E-state index contributed by atoms with van der Waals surface area (Å²) in [6.45, 7) is 4.84. The zero-order chi connectivity index (χ0) is 15.9. The minimum absolute atomic E-state index is 0.386. The number of benzene rings is 1. The van der Waals surface area contributed by atoms with Gasteiger partial charge in [-0.2, -0.15) is 13.2 Å². The molecule has 6 heteroatoms. The minimum atomic E-state index is -4.20. The molecule has 1 rings (SSSR count). The zero-order valence-electron chi connectivity index (χ0n) is 12.4. The third kappa shape index (κ3) is 6.70. The molecule has 0 saturated heterocycles. The fraction of sp³-hybridized carbons (Fsp3) is 0.600. The first-order chi connectivity index (χ1) is 9.87. The van der Waals surface area contributed by atoms with Crippen molar-refractivity contribution < 1.29 is 13.2 Å². The van der Waals surface area contributed by atoms with Crippen LogP contribution in [0.5, 0.6) is 0 Å². The molecule has 120 valence electrons. The lowest BCUT2D eigenvalue weighted by Gasteiger charge is -2.28. The van der Waals surface area contributed by atoms with Gasteiger partial charge in [-0.15, -0.1) is 0 Å².